The second-order valence-corrected chi connectivity index (χ2v) is 4.63. The molecule has 0 amide bonds. The quantitative estimate of drug-likeness (QED) is 0.352. The van der Waals surface area contributed by atoms with Gasteiger partial charge >= 0.3 is 5.97 Å². The summed E-state index contributed by atoms with van der Waals surface area (Å²) in [7, 11) is 5.28. The molecular weight excluding hydrogens is 214 g/mol. The number of methoxy groups -OCH3 is 1. The summed E-state index contributed by atoms with van der Waals surface area (Å²) < 4.78 is 4.77. The number of rotatable bonds is 9. The zero-order valence-electron chi connectivity index (χ0n) is 11.8. The van der Waals surface area contributed by atoms with Crippen LogP contribution in [0.3, 0.4) is 0 Å². The minimum absolute atomic E-state index is 0.202. The molecule has 0 aliphatic rings. The number of hydrogen-bond acceptors (Lipinski definition) is 3. The predicted octanol–water partition coefficient (Wildman–Crippen LogP) is 3.36. The fourth-order valence-electron chi connectivity index (χ4n) is 1.76. The maximum atomic E-state index is 11.5. The SMILES string of the molecule is CCCCCCCCC(=CN(C)C)C(=O)OC. The number of ether oxygens (including phenoxy) is 1. The van der Waals surface area contributed by atoms with Gasteiger partial charge in [0.1, 0.15) is 0 Å². The van der Waals surface area contributed by atoms with Crippen LogP contribution in [0.4, 0.5) is 0 Å². The summed E-state index contributed by atoms with van der Waals surface area (Å²) in [6.07, 6.45) is 10.1. The van der Waals surface area contributed by atoms with E-state index in [-0.39, 0.29) is 5.97 Å². The second kappa shape index (κ2) is 10.2. The van der Waals surface area contributed by atoms with Gasteiger partial charge in [0, 0.05) is 20.3 Å². The third kappa shape index (κ3) is 8.78. The fraction of sp³-hybridized carbons (Fsp3) is 0.786. The molecule has 0 N–H and O–H groups in total. The normalized spacial score (nSPS) is 11.4. The van der Waals surface area contributed by atoms with E-state index in [0.29, 0.717) is 0 Å². The van der Waals surface area contributed by atoms with Crippen molar-refractivity contribution in [3.8, 4) is 0 Å². The molecule has 0 bridgehead atoms. The van der Waals surface area contributed by atoms with Crippen LogP contribution in [0.25, 0.3) is 0 Å². The fourth-order valence-corrected chi connectivity index (χ4v) is 1.76. The molecule has 0 saturated heterocycles. The van der Waals surface area contributed by atoms with E-state index in [9.17, 15) is 4.79 Å². The highest BCUT2D eigenvalue weighted by molar-refractivity contribution is 5.88. The first kappa shape index (κ1) is 16.0. The van der Waals surface area contributed by atoms with Crippen molar-refractivity contribution in [1.82, 2.24) is 4.90 Å². The van der Waals surface area contributed by atoms with Gasteiger partial charge in [0.15, 0.2) is 0 Å². The van der Waals surface area contributed by atoms with E-state index in [1.54, 1.807) is 0 Å². The molecule has 0 aromatic carbocycles. The molecule has 0 atom stereocenters. The molecule has 0 unspecified atom stereocenters. The Balaban J connectivity index is 3.89. The van der Waals surface area contributed by atoms with E-state index < -0.39 is 0 Å². The molecule has 0 saturated carbocycles. The van der Waals surface area contributed by atoms with Crippen LogP contribution in [0.15, 0.2) is 11.8 Å². The minimum Gasteiger partial charge on any atom is -0.466 e. The number of esters is 1. The molecule has 0 aliphatic carbocycles. The minimum atomic E-state index is -0.202. The van der Waals surface area contributed by atoms with Crippen molar-refractivity contribution in [1.29, 1.82) is 0 Å². The van der Waals surface area contributed by atoms with Crippen molar-refractivity contribution < 1.29 is 9.53 Å². The van der Waals surface area contributed by atoms with Crippen LogP contribution >= 0.6 is 0 Å². The van der Waals surface area contributed by atoms with Gasteiger partial charge in [-0.15, -0.1) is 0 Å². The summed E-state index contributed by atoms with van der Waals surface area (Å²) in [5, 5.41) is 0. The molecule has 3 heteroatoms. The molecule has 0 radical (unpaired) electrons. The maximum absolute atomic E-state index is 11.5. The Kier molecular flexibility index (Phi) is 9.59. The van der Waals surface area contributed by atoms with Gasteiger partial charge in [0.25, 0.3) is 0 Å². The third-order valence-corrected chi connectivity index (χ3v) is 2.66. The van der Waals surface area contributed by atoms with Crippen molar-refractivity contribution >= 4 is 5.97 Å². The lowest BCUT2D eigenvalue weighted by molar-refractivity contribution is -0.136. The smallest absolute Gasteiger partial charge is 0.335 e. The van der Waals surface area contributed by atoms with Gasteiger partial charge in [-0.3, -0.25) is 0 Å². The van der Waals surface area contributed by atoms with Crippen LogP contribution in [0.1, 0.15) is 51.9 Å². The molecule has 0 spiro atoms. The molecular formula is C14H27NO2. The first-order valence-corrected chi connectivity index (χ1v) is 6.57. The molecule has 100 valence electrons. The number of carbonyl (C=O) groups excluding carboxylic acids is 1. The number of unbranched alkanes of at least 4 members (excludes halogenated alkanes) is 5. The lowest BCUT2D eigenvalue weighted by Crippen LogP contribution is -2.10. The Hall–Kier alpha value is -0.990. The average molecular weight is 241 g/mol. The van der Waals surface area contributed by atoms with Crippen LogP contribution < -0.4 is 0 Å². The summed E-state index contributed by atoms with van der Waals surface area (Å²) in [4.78, 5) is 13.4. The second-order valence-electron chi connectivity index (χ2n) is 4.63. The summed E-state index contributed by atoms with van der Waals surface area (Å²) in [6, 6.07) is 0. The summed E-state index contributed by atoms with van der Waals surface area (Å²) >= 11 is 0. The van der Waals surface area contributed by atoms with Crippen LogP contribution in [0, 0.1) is 0 Å². The molecule has 0 aliphatic heterocycles. The van der Waals surface area contributed by atoms with E-state index in [4.69, 9.17) is 4.74 Å². The molecule has 17 heavy (non-hydrogen) atoms. The third-order valence-electron chi connectivity index (χ3n) is 2.66. The monoisotopic (exact) mass is 241 g/mol. The van der Waals surface area contributed by atoms with Gasteiger partial charge in [0.2, 0.25) is 0 Å². The first-order chi connectivity index (χ1) is 8.11. The maximum Gasteiger partial charge on any atom is 0.335 e. The van der Waals surface area contributed by atoms with Gasteiger partial charge in [-0.25, -0.2) is 4.79 Å². The van der Waals surface area contributed by atoms with Gasteiger partial charge in [-0.2, -0.15) is 0 Å². The summed E-state index contributed by atoms with van der Waals surface area (Å²) in [6.45, 7) is 2.22. The van der Waals surface area contributed by atoms with Crippen LogP contribution in [0.2, 0.25) is 0 Å². The van der Waals surface area contributed by atoms with Crippen molar-refractivity contribution in [2.24, 2.45) is 0 Å². The van der Waals surface area contributed by atoms with Gasteiger partial charge < -0.3 is 9.64 Å². The number of carbonyl (C=O) groups is 1. The topological polar surface area (TPSA) is 29.5 Å². The van der Waals surface area contributed by atoms with E-state index >= 15 is 0 Å². The molecule has 0 aromatic rings. The highest BCUT2D eigenvalue weighted by atomic mass is 16.5. The molecule has 3 nitrogen and oxygen atoms in total. The van der Waals surface area contributed by atoms with Crippen molar-refractivity contribution in [3.63, 3.8) is 0 Å². The Labute approximate surface area is 106 Å². The highest BCUT2D eigenvalue weighted by Crippen LogP contribution is 2.13. The van der Waals surface area contributed by atoms with Gasteiger partial charge in [0.05, 0.1) is 12.7 Å². The van der Waals surface area contributed by atoms with E-state index in [1.807, 2.05) is 25.2 Å². The molecule has 0 aromatic heterocycles. The van der Waals surface area contributed by atoms with Crippen molar-refractivity contribution in [2.75, 3.05) is 21.2 Å². The number of hydrogen-bond donors (Lipinski definition) is 0. The van der Waals surface area contributed by atoms with Gasteiger partial charge in [-0.1, -0.05) is 39.0 Å². The Morgan fingerprint density at radius 1 is 1.12 bits per heavy atom. The van der Waals surface area contributed by atoms with Crippen LogP contribution in [-0.2, 0) is 9.53 Å². The standard InChI is InChI=1S/C14H27NO2/c1-5-6-7-8-9-10-11-13(12-15(2)3)14(16)17-4/h12H,5-11H2,1-4H3. The molecule has 0 fully saturated rings. The van der Waals surface area contributed by atoms with E-state index in [2.05, 4.69) is 6.92 Å². The van der Waals surface area contributed by atoms with Crippen molar-refractivity contribution in [2.45, 2.75) is 51.9 Å². The van der Waals surface area contributed by atoms with Crippen LogP contribution in [0.5, 0.6) is 0 Å². The summed E-state index contributed by atoms with van der Waals surface area (Å²) in [5.41, 5.74) is 0.771. The van der Waals surface area contributed by atoms with E-state index in [1.165, 1.54) is 39.2 Å². The lowest BCUT2D eigenvalue weighted by Gasteiger charge is -2.10. The molecule has 0 heterocycles. The highest BCUT2D eigenvalue weighted by Gasteiger charge is 2.09. The zero-order chi connectivity index (χ0) is 13.1. The first-order valence-electron chi connectivity index (χ1n) is 6.57. The van der Waals surface area contributed by atoms with Crippen molar-refractivity contribution in [3.05, 3.63) is 11.8 Å². The Bertz CT molecular complexity index is 234. The zero-order valence-corrected chi connectivity index (χ0v) is 11.8. The lowest BCUT2D eigenvalue weighted by atomic mass is 10.1. The Morgan fingerprint density at radius 2 is 1.71 bits per heavy atom. The Morgan fingerprint density at radius 3 is 2.24 bits per heavy atom. The summed E-state index contributed by atoms with van der Waals surface area (Å²) in [5.74, 6) is -0.202. The largest absolute Gasteiger partial charge is 0.466 e. The average Bonchev–Trinajstić information content (AvgIpc) is 2.30. The number of nitrogens with zero attached hydrogens (tertiary/aromatic N) is 1. The van der Waals surface area contributed by atoms with E-state index in [0.717, 1.165) is 18.4 Å². The van der Waals surface area contributed by atoms with Gasteiger partial charge in [-0.05, 0) is 12.8 Å². The molecule has 0 rings (SSSR count). The predicted molar refractivity (Wildman–Crippen MR) is 71.8 cm³/mol. The van der Waals surface area contributed by atoms with Crippen LogP contribution in [-0.4, -0.2) is 32.1 Å².